The van der Waals surface area contributed by atoms with Crippen molar-refractivity contribution in [1.29, 1.82) is 0 Å². The number of rotatable bonds is 2. The number of nitrogens with zero attached hydrogens (tertiary/aromatic N) is 3. The van der Waals surface area contributed by atoms with Crippen molar-refractivity contribution in [3.63, 3.8) is 0 Å². The van der Waals surface area contributed by atoms with Crippen molar-refractivity contribution in [3.8, 4) is 11.3 Å². The molecule has 0 aliphatic heterocycles. The van der Waals surface area contributed by atoms with Crippen LogP contribution in [0.4, 0.5) is 5.82 Å². The highest BCUT2D eigenvalue weighted by Crippen LogP contribution is 2.38. The molecule has 76 valence electrons. The van der Waals surface area contributed by atoms with Crippen LogP contribution in [0.25, 0.3) is 11.3 Å². The Labute approximate surface area is 87.8 Å². The number of hydrogen-bond donors (Lipinski definition) is 1. The summed E-state index contributed by atoms with van der Waals surface area (Å²) < 4.78 is 2.07. The van der Waals surface area contributed by atoms with Gasteiger partial charge in [0.25, 0.3) is 0 Å². The molecule has 3 rings (SSSR count). The molecule has 0 aromatic carbocycles. The molecular weight excluding hydrogens is 188 g/mol. The summed E-state index contributed by atoms with van der Waals surface area (Å²) in [7, 11) is 0. The quantitative estimate of drug-likeness (QED) is 0.805. The van der Waals surface area contributed by atoms with Gasteiger partial charge in [0, 0.05) is 24.0 Å². The van der Waals surface area contributed by atoms with E-state index in [0.29, 0.717) is 6.04 Å². The first-order valence-electron chi connectivity index (χ1n) is 5.09. The first-order valence-corrected chi connectivity index (χ1v) is 5.09. The van der Waals surface area contributed by atoms with Crippen molar-refractivity contribution in [1.82, 2.24) is 14.5 Å². The lowest BCUT2D eigenvalue weighted by molar-refractivity contribution is 0.751. The van der Waals surface area contributed by atoms with E-state index >= 15 is 0 Å². The molecule has 2 N–H and O–H groups in total. The molecule has 0 saturated heterocycles. The van der Waals surface area contributed by atoms with E-state index in [0.717, 1.165) is 17.1 Å². The van der Waals surface area contributed by atoms with Gasteiger partial charge in [-0.3, -0.25) is 4.98 Å². The van der Waals surface area contributed by atoms with Crippen LogP contribution in [0.5, 0.6) is 0 Å². The molecular formula is C11H12N4. The van der Waals surface area contributed by atoms with Crippen LogP contribution in [0.3, 0.4) is 0 Å². The summed E-state index contributed by atoms with van der Waals surface area (Å²) in [5.41, 5.74) is 7.95. The summed E-state index contributed by atoms with van der Waals surface area (Å²) in [5.74, 6) is 0.767. The molecule has 0 spiro atoms. The predicted octanol–water partition coefficient (Wildman–Crippen LogP) is 1.86. The Morgan fingerprint density at radius 2 is 2.00 bits per heavy atom. The number of imidazole rings is 1. The zero-order valence-electron chi connectivity index (χ0n) is 8.30. The van der Waals surface area contributed by atoms with Gasteiger partial charge in [-0.15, -0.1) is 0 Å². The van der Waals surface area contributed by atoms with Crippen LogP contribution in [-0.2, 0) is 0 Å². The number of nitrogens with two attached hydrogens (primary N) is 1. The zero-order chi connectivity index (χ0) is 10.3. The van der Waals surface area contributed by atoms with Gasteiger partial charge in [0.1, 0.15) is 11.5 Å². The van der Waals surface area contributed by atoms with Crippen molar-refractivity contribution in [3.05, 3.63) is 30.9 Å². The molecule has 4 nitrogen and oxygen atoms in total. The fraction of sp³-hybridized carbons (Fsp3) is 0.273. The first kappa shape index (κ1) is 8.47. The van der Waals surface area contributed by atoms with E-state index < -0.39 is 0 Å². The van der Waals surface area contributed by atoms with Gasteiger partial charge in [0.05, 0.1) is 6.33 Å². The maximum atomic E-state index is 6.06. The van der Waals surface area contributed by atoms with Crippen LogP contribution in [-0.4, -0.2) is 14.5 Å². The van der Waals surface area contributed by atoms with E-state index in [2.05, 4.69) is 14.5 Å². The molecule has 0 bridgehead atoms. The molecule has 0 amide bonds. The lowest BCUT2D eigenvalue weighted by Gasteiger charge is -2.02. The van der Waals surface area contributed by atoms with Crippen LogP contribution in [0.2, 0.25) is 0 Å². The molecule has 1 aliphatic rings. The molecule has 1 saturated carbocycles. The van der Waals surface area contributed by atoms with Gasteiger partial charge < -0.3 is 10.3 Å². The lowest BCUT2D eigenvalue weighted by Crippen LogP contribution is -1.99. The molecule has 4 heteroatoms. The standard InChI is InChI=1S/C11H12N4/c12-11-10(8-3-5-13-6-4-8)14-7-15(11)9-1-2-9/h3-7,9H,1-2,12H2. The van der Waals surface area contributed by atoms with E-state index in [1.807, 2.05) is 18.5 Å². The third kappa shape index (κ3) is 1.38. The van der Waals surface area contributed by atoms with Crippen LogP contribution in [0.15, 0.2) is 30.9 Å². The van der Waals surface area contributed by atoms with Gasteiger partial charge in [0.2, 0.25) is 0 Å². The minimum Gasteiger partial charge on any atom is -0.383 e. The highest BCUT2D eigenvalue weighted by molar-refractivity contribution is 5.70. The van der Waals surface area contributed by atoms with Crippen LogP contribution >= 0.6 is 0 Å². The Kier molecular flexibility index (Phi) is 1.74. The Bertz CT molecular complexity index is 471. The summed E-state index contributed by atoms with van der Waals surface area (Å²) in [6, 6.07) is 4.43. The third-order valence-corrected chi connectivity index (χ3v) is 2.73. The summed E-state index contributed by atoms with van der Waals surface area (Å²) in [6.07, 6.45) is 7.78. The van der Waals surface area contributed by atoms with Crippen molar-refractivity contribution in [2.45, 2.75) is 18.9 Å². The number of anilines is 1. The first-order chi connectivity index (χ1) is 7.36. The van der Waals surface area contributed by atoms with E-state index in [9.17, 15) is 0 Å². The van der Waals surface area contributed by atoms with Crippen molar-refractivity contribution in [2.75, 3.05) is 5.73 Å². The normalized spacial score (nSPS) is 15.5. The van der Waals surface area contributed by atoms with E-state index in [1.165, 1.54) is 12.8 Å². The topological polar surface area (TPSA) is 56.7 Å². The van der Waals surface area contributed by atoms with E-state index in [1.54, 1.807) is 12.4 Å². The van der Waals surface area contributed by atoms with Gasteiger partial charge >= 0.3 is 0 Å². The number of pyridine rings is 1. The smallest absolute Gasteiger partial charge is 0.131 e. The Morgan fingerprint density at radius 1 is 1.27 bits per heavy atom. The predicted molar refractivity (Wildman–Crippen MR) is 58.1 cm³/mol. The maximum Gasteiger partial charge on any atom is 0.131 e. The van der Waals surface area contributed by atoms with Crippen molar-refractivity contribution in [2.24, 2.45) is 0 Å². The number of aromatic nitrogens is 3. The number of nitrogen functional groups attached to an aromatic ring is 1. The van der Waals surface area contributed by atoms with E-state index in [-0.39, 0.29) is 0 Å². The second-order valence-electron chi connectivity index (χ2n) is 3.85. The average molecular weight is 200 g/mol. The maximum absolute atomic E-state index is 6.06. The summed E-state index contributed by atoms with van der Waals surface area (Å²) in [5, 5.41) is 0. The summed E-state index contributed by atoms with van der Waals surface area (Å²) in [4.78, 5) is 8.34. The van der Waals surface area contributed by atoms with Crippen LogP contribution < -0.4 is 5.73 Å². The summed E-state index contributed by atoms with van der Waals surface area (Å²) >= 11 is 0. The molecule has 0 unspecified atom stereocenters. The second kappa shape index (κ2) is 3.08. The van der Waals surface area contributed by atoms with Gasteiger partial charge in [-0.05, 0) is 25.0 Å². The van der Waals surface area contributed by atoms with E-state index in [4.69, 9.17) is 5.73 Å². The minimum absolute atomic E-state index is 0.577. The SMILES string of the molecule is Nc1c(-c2ccncc2)ncn1C1CC1. The zero-order valence-corrected chi connectivity index (χ0v) is 8.30. The third-order valence-electron chi connectivity index (χ3n) is 2.73. The molecule has 0 atom stereocenters. The molecule has 1 aliphatic carbocycles. The molecule has 2 aromatic rings. The van der Waals surface area contributed by atoms with Gasteiger partial charge in [-0.2, -0.15) is 0 Å². The molecule has 2 heterocycles. The van der Waals surface area contributed by atoms with Crippen LogP contribution in [0, 0.1) is 0 Å². The van der Waals surface area contributed by atoms with Crippen molar-refractivity contribution < 1.29 is 0 Å². The molecule has 1 fully saturated rings. The summed E-state index contributed by atoms with van der Waals surface area (Å²) in [6.45, 7) is 0. The molecule has 15 heavy (non-hydrogen) atoms. The van der Waals surface area contributed by atoms with Gasteiger partial charge in [-0.25, -0.2) is 4.98 Å². The Morgan fingerprint density at radius 3 is 2.67 bits per heavy atom. The minimum atomic E-state index is 0.577. The monoisotopic (exact) mass is 200 g/mol. The highest BCUT2D eigenvalue weighted by atomic mass is 15.2. The van der Waals surface area contributed by atoms with Gasteiger partial charge in [-0.1, -0.05) is 0 Å². The largest absolute Gasteiger partial charge is 0.383 e. The molecule has 0 radical (unpaired) electrons. The molecule has 2 aromatic heterocycles. The van der Waals surface area contributed by atoms with Crippen LogP contribution in [0.1, 0.15) is 18.9 Å². The highest BCUT2D eigenvalue weighted by Gasteiger charge is 2.26. The fourth-order valence-electron chi connectivity index (χ4n) is 1.75. The Hall–Kier alpha value is -1.84. The second-order valence-corrected chi connectivity index (χ2v) is 3.85. The average Bonchev–Trinajstić information content (AvgIpc) is 3.04. The fourth-order valence-corrected chi connectivity index (χ4v) is 1.75. The Balaban J connectivity index is 2.05. The van der Waals surface area contributed by atoms with Gasteiger partial charge in [0.15, 0.2) is 0 Å². The number of hydrogen-bond acceptors (Lipinski definition) is 3. The van der Waals surface area contributed by atoms with Crippen molar-refractivity contribution >= 4 is 5.82 Å². The lowest BCUT2D eigenvalue weighted by atomic mass is 10.2.